The second kappa shape index (κ2) is 9.63. The molecule has 2 rings (SSSR count). The Kier molecular flexibility index (Phi) is 7.63. The molecule has 0 bridgehead atoms. The minimum atomic E-state index is -4.65. The fourth-order valence-electron chi connectivity index (χ4n) is 3.47. The highest BCUT2D eigenvalue weighted by atomic mass is 19.4. The summed E-state index contributed by atoms with van der Waals surface area (Å²) >= 11 is 0. The zero-order valence-electron chi connectivity index (χ0n) is 18.3. The molecule has 8 nitrogen and oxygen atoms in total. The molecule has 2 N–H and O–H groups in total. The van der Waals surface area contributed by atoms with Crippen molar-refractivity contribution in [3.8, 4) is 5.88 Å². The van der Waals surface area contributed by atoms with Crippen LogP contribution >= 0.6 is 0 Å². The fraction of sp³-hybridized carbons (Fsp3) is 0.600. The maximum absolute atomic E-state index is 12.8. The summed E-state index contributed by atoms with van der Waals surface area (Å²) in [5.74, 6) is -0.666. The lowest BCUT2D eigenvalue weighted by Gasteiger charge is -2.41. The van der Waals surface area contributed by atoms with Crippen molar-refractivity contribution in [2.75, 3.05) is 47.4 Å². The maximum atomic E-state index is 12.8. The lowest BCUT2D eigenvalue weighted by atomic mass is 9.78. The van der Waals surface area contributed by atoms with Gasteiger partial charge in [-0.1, -0.05) is 6.92 Å². The molecule has 0 aromatic carbocycles. The van der Waals surface area contributed by atoms with Crippen LogP contribution in [0.4, 0.5) is 13.2 Å². The molecule has 0 amide bonds. The van der Waals surface area contributed by atoms with Crippen molar-refractivity contribution in [2.24, 2.45) is 10.9 Å². The van der Waals surface area contributed by atoms with Gasteiger partial charge in [0.05, 0.1) is 26.6 Å². The molecule has 2 heterocycles. The summed E-state index contributed by atoms with van der Waals surface area (Å²) in [6, 6.07) is 1.63. The Hall–Kier alpha value is -2.69. The fourth-order valence-corrected chi connectivity index (χ4v) is 3.47. The molecule has 2 atom stereocenters. The van der Waals surface area contributed by atoms with Gasteiger partial charge in [0.1, 0.15) is 11.3 Å². The first-order valence-corrected chi connectivity index (χ1v) is 9.66. The number of aromatic nitrogens is 1. The highest BCUT2D eigenvalue weighted by Crippen LogP contribution is 2.31. The largest absolute Gasteiger partial charge is 0.480 e. The van der Waals surface area contributed by atoms with Crippen LogP contribution in [0.1, 0.15) is 29.8 Å². The molecule has 172 valence electrons. The number of nitrogens with one attached hydrogen (secondary N) is 2. The van der Waals surface area contributed by atoms with Crippen molar-refractivity contribution in [3.05, 3.63) is 23.4 Å². The molecule has 0 saturated heterocycles. The summed E-state index contributed by atoms with van der Waals surface area (Å²) in [7, 11) is 4.52. The zero-order chi connectivity index (χ0) is 23.4. The van der Waals surface area contributed by atoms with Gasteiger partial charge in [-0.3, -0.25) is 4.99 Å². The van der Waals surface area contributed by atoms with Gasteiger partial charge >= 0.3 is 12.1 Å². The minimum absolute atomic E-state index is 0.0278. The number of hydrogen-bond acceptors (Lipinski definition) is 8. The van der Waals surface area contributed by atoms with E-state index >= 15 is 0 Å². The second-order valence-electron chi connectivity index (χ2n) is 7.72. The van der Waals surface area contributed by atoms with Crippen molar-refractivity contribution in [1.82, 2.24) is 15.2 Å². The minimum Gasteiger partial charge on any atom is -0.480 e. The van der Waals surface area contributed by atoms with E-state index < -0.39 is 29.2 Å². The number of esters is 1. The molecule has 11 heteroatoms. The Balaban J connectivity index is 2.34. The zero-order valence-corrected chi connectivity index (χ0v) is 18.3. The number of rotatable bonds is 8. The van der Waals surface area contributed by atoms with Crippen molar-refractivity contribution >= 4 is 17.5 Å². The quantitative estimate of drug-likeness (QED) is 0.472. The number of methoxy groups -OCH3 is 2. The SMILES string of the molecule is COC(=O)c1cc(C2(CNCC(C)C(=N)C(F)(F)F)CN=C(C)N(C)C2)cnc1OC. The molecule has 1 aliphatic rings. The highest BCUT2D eigenvalue weighted by Gasteiger charge is 2.40. The molecule has 1 aromatic heterocycles. The predicted octanol–water partition coefficient (Wildman–Crippen LogP) is 2.29. The van der Waals surface area contributed by atoms with E-state index in [9.17, 15) is 18.0 Å². The molecule has 31 heavy (non-hydrogen) atoms. The smallest absolute Gasteiger partial charge is 0.429 e. The third-order valence-corrected chi connectivity index (χ3v) is 5.48. The monoisotopic (exact) mass is 443 g/mol. The number of amidine groups is 1. The second-order valence-corrected chi connectivity index (χ2v) is 7.72. The van der Waals surface area contributed by atoms with E-state index in [0.717, 1.165) is 5.84 Å². The first-order chi connectivity index (χ1) is 14.4. The van der Waals surface area contributed by atoms with E-state index in [1.807, 2.05) is 18.9 Å². The van der Waals surface area contributed by atoms with Crippen LogP contribution in [0.25, 0.3) is 0 Å². The van der Waals surface area contributed by atoms with Crippen LogP contribution in [0.15, 0.2) is 17.3 Å². The summed E-state index contributed by atoms with van der Waals surface area (Å²) in [5.41, 5.74) is -1.09. The lowest BCUT2D eigenvalue weighted by molar-refractivity contribution is -0.0634. The summed E-state index contributed by atoms with van der Waals surface area (Å²) in [6.07, 6.45) is -3.07. The number of hydrogen-bond donors (Lipinski definition) is 2. The maximum Gasteiger partial charge on any atom is 0.429 e. The average Bonchev–Trinajstić information content (AvgIpc) is 2.73. The molecule has 0 radical (unpaired) electrons. The molecule has 0 aliphatic carbocycles. The van der Waals surface area contributed by atoms with E-state index in [1.165, 1.54) is 21.1 Å². The van der Waals surface area contributed by atoms with Crippen LogP contribution in [-0.4, -0.2) is 81.0 Å². The van der Waals surface area contributed by atoms with Crippen LogP contribution in [0.5, 0.6) is 5.88 Å². The Morgan fingerprint density at radius 2 is 2.10 bits per heavy atom. The van der Waals surface area contributed by atoms with Crippen LogP contribution in [-0.2, 0) is 10.2 Å². The van der Waals surface area contributed by atoms with Crippen molar-refractivity contribution in [1.29, 1.82) is 5.41 Å². The van der Waals surface area contributed by atoms with Gasteiger partial charge in [0, 0.05) is 44.2 Å². The third kappa shape index (κ3) is 5.52. The summed E-state index contributed by atoms with van der Waals surface area (Å²) in [6.45, 7) is 4.34. The first-order valence-electron chi connectivity index (χ1n) is 9.66. The Labute approximate surface area is 179 Å². The Morgan fingerprint density at radius 1 is 1.42 bits per heavy atom. The van der Waals surface area contributed by atoms with Gasteiger partial charge in [0.15, 0.2) is 0 Å². The van der Waals surface area contributed by atoms with Gasteiger partial charge in [-0.15, -0.1) is 0 Å². The average molecular weight is 443 g/mol. The molecule has 1 aliphatic heterocycles. The van der Waals surface area contributed by atoms with E-state index in [2.05, 4.69) is 15.3 Å². The van der Waals surface area contributed by atoms with Gasteiger partial charge in [-0.25, -0.2) is 9.78 Å². The third-order valence-electron chi connectivity index (χ3n) is 5.48. The number of carbonyl (C=O) groups is 1. The number of nitrogens with zero attached hydrogens (tertiary/aromatic N) is 3. The first kappa shape index (κ1) is 24.6. The number of ether oxygens (including phenoxy) is 2. The Morgan fingerprint density at radius 3 is 2.65 bits per heavy atom. The van der Waals surface area contributed by atoms with E-state index in [-0.39, 0.29) is 24.5 Å². The van der Waals surface area contributed by atoms with Gasteiger partial charge in [-0.2, -0.15) is 13.2 Å². The summed E-state index contributed by atoms with van der Waals surface area (Å²) in [5, 5.41) is 10.4. The van der Waals surface area contributed by atoms with Crippen molar-refractivity contribution < 1.29 is 27.4 Å². The van der Waals surface area contributed by atoms with Gasteiger partial charge in [0.25, 0.3) is 0 Å². The number of halogens is 3. The van der Waals surface area contributed by atoms with E-state index in [1.54, 1.807) is 12.3 Å². The number of alkyl halides is 3. The van der Waals surface area contributed by atoms with Gasteiger partial charge in [-0.05, 0) is 18.6 Å². The Bertz CT molecular complexity index is 859. The topological polar surface area (TPSA) is 99.9 Å². The van der Waals surface area contributed by atoms with Gasteiger partial charge in [0.2, 0.25) is 5.88 Å². The van der Waals surface area contributed by atoms with Crippen molar-refractivity contribution in [3.63, 3.8) is 0 Å². The summed E-state index contributed by atoms with van der Waals surface area (Å²) < 4.78 is 48.4. The van der Waals surface area contributed by atoms with Crippen LogP contribution in [0, 0.1) is 11.3 Å². The van der Waals surface area contributed by atoms with Crippen molar-refractivity contribution in [2.45, 2.75) is 25.4 Å². The predicted molar refractivity (Wildman–Crippen MR) is 110 cm³/mol. The number of aliphatic imine (C=N–C) groups is 1. The molecular formula is C20H28F3N5O3. The number of carbonyl (C=O) groups excluding carboxylic acids is 1. The van der Waals surface area contributed by atoms with Crippen LogP contribution in [0.3, 0.4) is 0 Å². The molecule has 0 saturated carbocycles. The van der Waals surface area contributed by atoms with E-state index in [0.29, 0.717) is 18.7 Å². The molecule has 1 aromatic rings. The number of pyridine rings is 1. The normalized spacial score (nSPS) is 20.1. The molecule has 2 unspecified atom stereocenters. The van der Waals surface area contributed by atoms with E-state index in [4.69, 9.17) is 14.9 Å². The standard InChI is InChI=1S/C20H28F3N5O3/c1-12(16(24)20(21,22)23)7-25-9-19(10-27-13(2)28(3)11-19)14-6-15(18(29)31-5)17(30-4)26-8-14/h6,8,12,24-25H,7,9-11H2,1-5H3. The lowest BCUT2D eigenvalue weighted by Crippen LogP contribution is -2.53. The van der Waals surface area contributed by atoms with Crippen LogP contribution < -0.4 is 10.1 Å². The highest BCUT2D eigenvalue weighted by molar-refractivity contribution is 5.92. The summed E-state index contributed by atoms with van der Waals surface area (Å²) in [4.78, 5) is 22.9. The number of likely N-dealkylation sites (N-methyl/N-ethyl adjacent to an activating group) is 1. The molecular weight excluding hydrogens is 415 g/mol. The van der Waals surface area contributed by atoms with Crippen LogP contribution in [0.2, 0.25) is 0 Å². The molecule has 0 spiro atoms. The molecule has 0 fully saturated rings. The van der Waals surface area contributed by atoms with Gasteiger partial charge < -0.3 is 25.1 Å².